The fourth-order valence-electron chi connectivity index (χ4n) is 3.06. The van der Waals surface area contributed by atoms with Crippen molar-refractivity contribution in [3.05, 3.63) is 23.8 Å². The molecule has 1 aromatic carbocycles. The number of likely N-dealkylation sites (tertiary alicyclic amines) is 1. The molecule has 0 atom stereocenters. The summed E-state index contributed by atoms with van der Waals surface area (Å²) < 4.78 is 10.6. The molecule has 0 amide bonds. The molecule has 2 rings (SSSR count). The fourth-order valence-corrected chi connectivity index (χ4v) is 3.06. The van der Waals surface area contributed by atoms with Gasteiger partial charge in [0.1, 0.15) is 5.78 Å². The molecule has 1 fully saturated rings. The Balaban J connectivity index is 1.67. The number of ether oxygens (including phenoxy) is 2. The van der Waals surface area contributed by atoms with Crippen LogP contribution in [0.15, 0.2) is 18.2 Å². The number of nitrogens with zero attached hydrogens (tertiary/aromatic N) is 2. The van der Waals surface area contributed by atoms with Crippen LogP contribution in [0.5, 0.6) is 11.5 Å². The highest BCUT2D eigenvalue weighted by atomic mass is 16.5. The van der Waals surface area contributed by atoms with E-state index in [-0.39, 0.29) is 0 Å². The summed E-state index contributed by atoms with van der Waals surface area (Å²) in [4.78, 5) is 16.0. The molecule has 0 unspecified atom stereocenters. The molecule has 134 valence electrons. The Kier molecular flexibility index (Phi) is 7.53. The Bertz CT molecular complexity index is 523. The number of hydrogen-bond donors (Lipinski definition) is 0. The van der Waals surface area contributed by atoms with Gasteiger partial charge < -0.3 is 19.3 Å². The van der Waals surface area contributed by atoms with Gasteiger partial charge in [-0.2, -0.15) is 0 Å². The van der Waals surface area contributed by atoms with Crippen LogP contribution < -0.4 is 9.47 Å². The number of rotatable bonds is 9. The zero-order valence-corrected chi connectivity index (χ0v) is 15.2. The second kappa shape index (κ2) is 9.64. The van der Waals surface area contributed by atoms with Gasteiger partial charge in [-0.25, -0.2) is 0 Å². The first-order chi connectivity index (χ1) is 11.6. The van der Waals surface area contributed by atoms with Crippen LogP contribution in [-0.2, 0) is 11.2 Å². The number of piperidine rings is 1. The van der Waals surface area contributed by atoms with Gasteiger partial charge in [0.2, 0.25) is 0 Å². The van der Waals surface area contributed by atoms with E-state index in [9.17, 15) is 4.79 Å². The second-order valence-electron chi connectivity index (χ2n) is 6.48. The average Bonchev–Trinajstić information content (AvgIpc) is 2.61. The molecule has 1 saturated heterocycles. The highest BCUT2D eigenvalue weighted by molar-refractivity contribution is 5.79. The number of likely N-dealkylation sites (N-methyl/N-ethyl adjacent to an activating group) is 1. The monoisotopic (exact) mass is 334 g/mol. The van der Waals surface area contributed by atoms with E-state index in [2.05, 4.69) is 29.0 Å². The number of carbonyl (C=O) groups excluding carboxylic acids is 1. The van der Waals surface area contributed by atoms with Crippen molar-refractivity contribution in [2.75, 3.05) is 54.0 Å². The topological polar surface area (TPSA) is 42.0 Å². The Morgan fingerprint density at radius 1 is 1.08 bits per heavy atom. The molecule has 0 aromatic heterocycles. The maximum absolute atomic E-state index is 11.2. The van der Waals surface area contributed by atoms with E-state index >= 15 is 0 Å². The Hall–Kier alpha value is -1.59. The van der Waals surface area contributed by atoms with Gasteiger partial charge >= 0.3 is 0 Å². The molecule has 5 heteroatoms. The Labute approximate surface area is 145 Å². The lowest BCUT2D eigenvalue weighted by molar-refractivity contribution is -0.121. The van der Waals surface area contributed by atoms with Crippen LogP contribution in [0.25, 0.3) is 0 Å². The van der Waals surface area contributed by atoms with E-state index in [0.29, 0.717) is 5.78 Å². The van der Waals surface area contributed by atoms with Gasteiger partial charge in [0.25, 0.3) is 0 Å². The van der Waals surface area contributed by atoms with E-state index in [4.69, 9.17) is 9.47 Å². The SMILES string of the molecule is COc1ccc(CCN(C)CCCN2CCC(=O)CC2)cc1OC. The molecule has 0 saturated carbocycles. The highest BCUT2D eigenvalue weighted by Gasteiger charge is 2.15. The van der Waals surface area contributed by atoms with Crippen LogP contribution in [0, 0.1) is 0 Å². The molecule has 1 aliphatic rings. The lowest BCUT2D eigenvalue weighted by Crippen LogP contribution is -2.36. The zero-order valence-electron chi connectivity index (χ0n) is 15.2. The number of hydrogen-bond acceptors (Lipinski definition) is 5. The molecular weight excluding hydrogens is 304 g/mol. The summed E-state index contributed by atoms with van der Waals surface area (Å²) in [7, 11) is 5.49. The highest BCUT2D eigenvalue weighted by Crippen LogP contribution is 2.27. The number of benzene rings is 1. The van der Waals surface area contributed by atoms with Crippen LogP contribution in [0.1, 0.15) is 24.8 Å². The Morgan fingerprint density at radius 2 is 1.79 bits per heavy atom. The third-order valence-electron chi connectivity index (χ3n) is 4.66. The maximum atomic E-state index is 11.2. The van der Waals surface area contributed by atoms with Crippen molar-refractivity contribution >= 4 is 5.78 Å². The summed E-state index contributed by atoms with van der Waals surface area (Å²) in [6.45, 7) is 5.07. The minimum Gasteiger partial charge on any atom is -0.493 e. The van der Waals surface area contributed by atoms with Crippen molar-refractivity contribution in [1.82, 2.24) is 9.80 Å². The van der Waals surface area contributed by atoms with Gasteiger partial charge in [0, 0.05) is 32.5 Å². The fraction of sp³-hybridized carbons (Fsp3) is 0.632. The molecule has 5 nitrogen and oxygen atoms in total. The molecule has 1 aromatic rings. The largest absolute Gasteiger partial charge is 0.493 e. The second-order valence-corrected chi connectivity index (χ2v) is 6.48. The lowest BCUT2D eigenvalue weighted by Gasteiger charge is -2.26. The molecule has 0 spiro atoms. The van der Waals surface area contributed by atoms with Crippen LogP contribution in [0.4, 0.5) is 0 Å². The lowest BCUT2D eigenvalue weighted by atomic mass is 10.1. The summed E-state index contributed by atoms with van der Waals surface area (Å²) in [5.41, 5.74) is 1.26. The zero-order chi connectivity index (χ0) is 17.4. The first-order valence-corrected chi connectivity index (χ1v) is 8.76. The molecule has 0 N–H and O–H groups in total. The van der Waals surface area contributed by atoms with E-state index in [1.54, 1.807) is 14.2 Å². The standard InChI is InChI=1S/C19H30N2O3/c1-20(10-4-11-21-13-8-17(22)9-14-21)12-7-16-5-6-18(23-2)19(15-16)24-3/h5-6,15H,4,7-14H2,1-3H3. The predicted molar refractivity (Wildman–Crippen MR) is 96.0 cm³/mol. The van der Waals surface area contributed by atoms with Crippen LogP contribution in [-0.4, -0.2) is 69.6 Å². The number of methoxy groups -OCH3 is 2. The van der Waals surface area contributed by atoms with Crippen molar-refractivity contribution in [2.45, 2.75) is 25.7 Å². The third kappa shape index (κ3) is 5.80. The number of ketones is 1. The Morgan fingerprint density at radius 3 is 2.46 bits per heavy atom. The summed E-state index contributed by atoms with van der Waals surface area (Å²) in [5, 5.41) is 0. The first kappa shape index (κ1) is 18.7. The van der Waals surface area contributed by atoms with Gasteiger partial charge in [0.05, 0.1) is 14.2 Å². The van der Waals surface area contributed by atoms with Crippen LogP contribution in [0.2, 0.25) is 0 Å². The van der Waals surface area contributed by atoms with E-state index in [1.165, 1.54) is 5.56 Å². The summed E-state index contributed by atoms with van der Waals surface area (Å²) >= 11 is 0. The minimum atomic E-state index is 0.415. The first-order valence-electron chi connectivity index (χ1n) is 8.76. The molecular formula is C19H30N2O3. The van der Waals surface area contributed by atoms with Crippen molar-refractivity contribution < 1.29 is 14.3 Å². The smallest absolute Gasteiger partial charge is 0.160 e. The summed E-state index contributed by atoms with van der Waals surface area (Å²) in [5.74, 6) is 1.98. The van der Waals surface area contributed by atoms with Gasteiger partial charge in [-0.15, -0.1) is 0 Å². The van der Waals surface area contributed by atoms with Gasteiger partial charge in [-0.05, 0) is 50.7 Å². The average molecular weight is 334 g/mol. The molecule has 0 radical (unpaired) electrons. The van der Waals surface area contributed by atoms with Crippen molar-refractivity contribution in [2.24, 2.45) is 0 Å². The van der Waals surface area contributed by atoms with Gasteiger partial charge in [-0.3, -0.25) is 4.79 Å². The quantitative estimate of drug-likeness (QED) is 0.693. The van der Waals surface area contributed by atoms with Gasteiger partial charge in [-0.1, -0.05) is 6.07 Å². The van der Waals surface area contributed by atoms with Gasteiger partial charge in [0.15, 0.2) is 11.5 Å². The molecule has 0 bridgehead atoms. The van der Waals surface area contributed by atoms with Crippen molar-refractivity contribution in [3.8, 4) is 11.5 Å². The third-order valence-corrected chi connectivity index (χ3v) is 4.66. The molecule has 0 aliphatic carbocycles. The minimum absolute atomic E-state index is 0.415. The summed E-state index contributed by atoms with van der Waals surface area (Å²) in [6, 6.07) is 6.11. The van der Waals surface area contributed by atoms with E-state index in [1.807, 2.05) is 6.07 Å². The predicted octanol–water partition coefficient (Wildman–Crippen LogP) is 2.23. The molecule has 1 heterocycles. The maximum Gasteiger partial charge on any atom is 0.160 e. The van der Waals surface area contributed by atoms with Crippen molar-refractivity contribution in [3.63, 3.8) is 0 Å². The molecule has 1 aliphatic heterocycles. The van der Waals surface area contributed by atoms with E-state index < -0.39 is 0 Å². The number of carbonyl (C=O) groups is 1. The normalized spacial score (nSPS) is 15.8. The van der Waals surface area contributed by atoms with Crippen LogP contribution in [0.3, 0.4) is 0 Å². The molecule has 24 heavy (non-hydrogen) atoms. The summed E-state index contributed by atoms with van der Waals surface area (Å²) in [6.07, 6.45) is 3.61. The number of Topliss-reactive ketones (excluding diaryl/α,β-unsaturated/α-hetero) is 1. The van der Waals surface area contributed by atoms with Crippen LogP contribution >= 0.6 is 0 Å². The van der Waals surface area contributed by atoms with E-state index in [0.717, 1.165) is 69.9 Å². The van der Waals surface area contributed by atoms with Crippen molar-refractivity contribution in [1.29, 1.82) is 0 Å².